The van der Waals surface area contributed by atoms with Crippen LogP contribution < -0.4 is 4.90 Å². The fourth-order valence-electron chi connectivity index (χ4n) is 7.44. The van der Waals surface area contributed by atoms with Crippen molar-refractivity contribution in [1.29, 1.82) is 0 Å². The molecule has 8 aromatic rings. The third kappa shape index (κ3) is 4.48. The molecule has 2 nitrogen and oxygen atoms in total. The lowest BCUT2D eigenvalue weighted by Gasteiger charge is -2.28. The number of benzene rings is 7. The molecule has 224 valence electrons. The van der Waals surface area contributed by atoms with Crippen LogP contribution in [0.4, 0.5) is 17.1 Å². The third-order valence-corrected chi connectivity index (χ3v) is 9.87. The van der Waals surface area contributed by atoms with E-state index in [-0.39, 0.29) is 5.41 Å². The van der Waals surface area contributed by atoms with E-state index in [4.69, 9.17) is 4.42 Å². The van der Waals surface area contributed by atoms with Gasteiger partial charge in [0.1, 0.15) is 11.2 Å². The van der Waals surface area contributed by atoms with Crippen LogP contribution in [-0.4, -0.2) is 0 Å². The summed E-state index contributed by atoms with van der Waals surface area (Å²) in [7, 11) is 0. The van der Waals surface area contributed by atoms with E-state index < -0.39 is 0 Å². The standard InChI is InChI=1S/C45H33NO/c1-45(2)41-17-8-6-15-37(41)38-25-24-36(29-42(38)45)46(34-22-19-31(20-23-34)30-11-4-3-5-12-30)35-14-10-13-32(27-35)33-21-26-44-40(28-33)39-16-7-9-18-43(39)47-44/h3-29H,1-2H3. The molecule has 9 rings (SSSR count). The van der Waals surface area contributed by atoms with Gasteiger partial charge in [0, 0.05) is 33.2 Å². The van der Waals surface area contributed by atoms with Crippen molar-refractivity contribution in [3.8, 4) is 33.4 Å². The minimum absolute atomic E-state index is 0.0879. The molecule has 0 fully saturated rings. The second-order valence-corrected chi connectivity index (χ2v) is 13.0. The summed E-state index contributed by atoms with van der Waals surface area (Å²) in [5, 5.41) is 2.28. The Labute approximate surface area is 275 Å². The second kappa shape index (κ2) is 10.6. The van der Waals surface area contributed by atoms with Gasteiger partial charge in [-0.1, -0.05) is 123 Å². The summed E-state index contributed by atoms with van der Waals surface area (Å²) in [4.78, 5) is 2.39. The molecule has 0 atom stereocenters. The van der Waals surface area contributed by atoms with E-state index in [0.717, 1.165) is 50.1 Å². The van der Waals surface area contributed by atoms with Crippen LogP contribution in [0.1, 0.15) is 25.0 Å². The zero-order chi connectivity index (χ0) is 31.5. The maximum Gasteiger partial charge on any atom is 0.135 e. The number of nitrogens with zero attached hydrogens (tertiary/aromatic N) is 1. The molecule has 0 bridgehead atoms. The number of hydrogen-bond acceptors (Lipinski definition) is 2. The maximum atomic E-state index is 6.13. The second-order valence-electron chi connectivity index (χ2n) is 13.0. The van der Waals surface area contributed by atoms with Crippen LogP contribution >= 0.6 is 0 Å². The lowest BCUT2D eigenvalue weighted by atomic mass is 9.82. The summed E-state index contributed by atoms with van der Waals surface area (Å²) in [5.74, 6) is 0. The van der Waals surface area contributed by atoms with Crippen molar-refractivity contribution >= 4 is 39.0 Å². The van der Waals surface area contributed by atoms with Gasteiger partial charge in [-0.3, -0.25) is 0 Å². The number of anilines is 3. The molecule has 0 saturated heterocycles. The molecule has 0 aliphatic heterocycles. The number of furan rings is 1. The molecule has 1 heterocycles. The quantitative estimate of drug-likeness (QED) is 0.195. The van der Waals surface area contributed by atoms with Crippen molar-refractivity contribution in [2.24, 2.45) is 0 Å². The van der Waals surface area contributed by atoms with Crippen LogP contribution in [0.15, 0.2) is 168 Å². The predicted octanol–water partition coefficient (Wildman–Crippen LogP) is 12.7. The summed E-state index contributed by atoms with van der Waals surface area (Å²) in [6.07, 6.45) is 0. The average Bonchev–Trinajstić information content (AvgIpc) is 3.61. The first-order valence-electron chi connectivity index (χ1n) is 16.3. The first kappa shape index (κ1) is 27.5. The van der Waals surface area contributed by atoms with E-state index in [9.17, 15) is 0 Å². The van der Waals surface area contributed by atoms with E-state index in [1.54, 1.807) is 0 Å². The highest BCUT2D eigenvalue weighted by molar-refractivity contribution is 6.06. The zero-order valence-electron chi connectivity index (χ0n) is 26.4. The Bertz CT molecular complexity index is 2430. The fourth-order valence-corrected chi connectivity index (χ4v) is 7.44. The minimum Gasteiger partial charge on any atom is -0.456 e. The molecule has 0 radical (unpaired) electrons. The van der Waals surface area contributed by atoms with Gasteiger partial charge < -0.3 is 9.32 Å². The molecule has 0 unspecified atom stereocenters. The van der Waals surface area contributed by atoms with Gasteiger partial charge in [0.05, 0.1) is 0 Å². The Balaban J connectivity index is 1.19. The number of para-hydroxylation sites is 1. The maximum absolute atomic E-state index is 6.13. The largest absolute Gasteiger partial charge is 0.456 e. The van der Waals surface area contributed by atoms with Gasteiger partial charge in [-0.05, 0) is 99.1 Å². The van der Waals surface area contributed by atoms with Crippen LogP contribution in [0.3, 0.4) is 0 Å². The van der Waals surface area contributed by atoms with Crippen LogP contribution in [0.5, 0.6) is 0 Å². The zero-order valence-corrected chi connectivity index (χ0v) is 26.4. The third-order valence-electron chi connectivity index (χ3n) is 9.87. The molecule has 0 spiro atoms. The Kier molecular flexibility index (Phi) is 6.20. The van der Waals surface area contributed by atoms with Crippen LogP contribution in [0, 0.1) is 0 Å². The van der Waals surface area contributed by atoms with Gasteiger partial charge in [-0.25, -0.2) is 0 Å². The Morgan fingerprint density at radius 3 is 1.89 bits per heavy atom. The lowest BCUT2D eigenvalue weighted by Crippen LogP contribution is -2.16. The van der Waals surface area contributed by atoms with E-state index in [2.05, 4.69) is 170 Å². The summed E-state index contributed by atoms with van der Waals surface area (Å²) in [6, 6.07) is 59.0. The van der Waals surface area contributed by atoms with Crippen LogP contribution in [0.2, 0.25) is 0 Å². The van der Waals surface area contributed by atoms with Crippen molar-refractivity contribution in [1.82, 2.24) is 0 Å². The summed E-state index contributed by atoms with van der Waals surface area (Å²) < 4.78 is 6.13. The molecule has 0 amide bonds. The highest BCUT2D eigenvalue weighted by atomic mass is 16.3. The highest BCUT2D eigenvalue weighted by Crippen LogP contribution is 2.50. The Hall–Kier alpha value is -5.86. The van der Waals surface area contributed by atoms with Crippen molar-refractivity contribution in [3.63, 3.8) is 0 Å². The average molecular weight is 604 g/mol. The van der Waals surface area contributed by atoms with Crippen molar-refractivity contribution in [2.75, 3.05) is 4.90 Å². The predicted molar refractivity (Wildman–Crippen MR) is 197 cm³/mol. The first-order valence-corrected chi connectivity index (χ1v) is 16.3. The molecule has 2 heteroatoms. The SMILES string of the molecule is CC1(C)c2ccccc2-c2ccc(N(c3ccc(-c4ccccc4)cc3)c3cccc(-c4ccc5oc6ccccc6c5c4)c3)cc21. The summed E-state index contributed by atoms with van der Waals surface area (Å²) in [5.41, 5.74) is 15.3. The van der Waals surface area contributed by atoms with E-state index in [1.165, 1.54) is 33.4 Å². The molecular formula is C45H33NO. The van der Waals surface area contributed by atoms with Crippen molar-refractivity contribution in [2.45, 2.75) is 19.3 Å². The van der Waals surface area contributed by atoms with Gasteiger partial charge in [0.25, 0.3) is 0 Å². The molecular weight excluding hydrogens is 571 g/mol. The van der Waals surface area contributed by atoms with Gasteiger partial charge in [-0.2, -0.15) is 0 Å². The first-order chi connectivity index (χ1) is 23.0. The Morgan fingerprint density at radius 1 is 0.404 bits per heavy atom. The van der Waals surface area contributed by atoms with Gasteiger partial charge in [0.15, 0.2) is 0 Å². The number of hydrogen-bond donors (Lipinski definition) is 0. The van der Waals surface area contributed by atoms with Gasteiger partial charge in [0.2, 0.25) is 0 Å². The smallest absolute Gasteiger partial charge is 0.135 e. The van der Waals surface area contributed by atoms with E-state index in [1.807, 2.05) is 12.1 Å². The van der Waals surface area contributed by atoms with Crippen LogP contribution in [0.25, 0.3) is 55.3 Å². The highest BCUT2D eigenvalue weighted by Gasteiger charge is 2.35. The molecule has 1 aromatic heterocycles. The molecule has 7 aromatic carbocycles. The van der Waals surface area contributed by atoms with E-state index >= 15 is 0 Å². The summed E-state index contributed by atoms with van der Waals surface area (Å²) in [6.45, 7) is 4.69. The molecule has 0 saturated carbocycles. The molecule has 1 aliphatic carbocycles. The van der Waals surface area contributed by atoms with Crippen LogP contribution in [-0.2, 0) is 5.41 Å². The normalized spacial score (nSPS) is 13.1. The van der Waals surface area contributed by atoms with Gasteiger partial charge in [-0.15, -0.1) is 0 Å². The van der Waals surface area contributed by atoms with Crippen molar-refractivity contribution in [3.05, 3.63) is 175 Å². The minimum atomic E-state index is -0.0879. The number of fused-ring (bicyclic) bond motifs is 6. The Morgan fingerprint density at radius 2 is 1.02 bits per heavy atom. The number of rotatable bonds is 5. The lowest BCUT2D eigenvalue weighted by molar-refractivity contribution is 0.660. The molecule has 1 aliphatic rings. The van der Waals surface area contributed by atoms with Crippen molar-refractivity contribution < 1.29 is 4.42 Å². The summed E-state index contributed by atoms with van der Waals surface area (Å²) >= 11 is 0. The molecule has 0 N–H and O–H groups in total. The van der Waals surface area contributed by atoms with E-state index in [0.29, 0.717) is 0 Å². The fraction of sp³-hybridized carbons (Fsp3) is 0.0667. The topological polar surface area (TPSA) is 16.4 Å². The molecule has 47 heavy (non-hydrogen) atoms. The van der Waals surface area contributed by atoms with Gasteiger partial charge >= 0.3 is 0 Å². The monoisotopic (exact) mass is 603 g/mol.